The topological polar surface area (TPSA) is 78.9 Å². The molecule has 0 spiro atoms. The third kappa shape index (κ3) is 60.6. The average molecular weight is 1030 g/mol. The van der Waals surface area contributed by atoms with Crippen LogP contribution in [0.5, 0.6) is 0 Å². The van der Waals surface area contributed by atoms with E-state index in [9.17, 15) is 14.4 Å². The Labute approximate surface area is 455 Å². The Hall–Kier alpha value is -2.11. The van der Waals surface area contributed by atoms with E-state index in [2.05, 4.69) is 45.1 Å². The first kappa shape index (κ1) is 70.9. The summed E-state index contributed by atoms with van der Waals surface area (Å²) in [6.07, 6.45) is 74.7. The maximum Gasteiger partial charge on any atom is 0.306 e. The van der Waals surface area contributed by atoms with E-state index in [1.807, 2.05) is 0 Å². The normalized spacial score (nSPS) is 12.1. The average Bonchev–Trinajstić information content (AvgIpc) is 3.39. The van der Waals surface area contributed by atoms with E-state index in [1.165, 1.54) is 257 Å². The third-order valence-corrected chi connectivity index (χ3v) is 15.0. The van der Waals surface area contributed by atoms with Gasteiger partial charge in [-0.3, -0.25) is 14.4 Å². The second-order valence-corrected chi connectivity index (χ2v) is 22.4. The molecule has 0 rings (SSSR count). The minimum atomic E-state index is -0.772. The van der Waals surface area contributed by atoms with Crippen molar-refractivity contribution in [2.45, 2.75) is 374 Å². The van der Waals surface area contributed by atoms with Gasteiger partial charge in [0.05, 0.1) is 0 Å². The van der Waals surface area contributed by atoms with Crippen molar-refractivity contribution in [3.8, 4) is 0 Å². The molecule has 0 aromatic heterocycles. The van der Waals surface area contributed by atoms with E-state index in [0.29, 0.717) is 19.3 Å². The summed E-state index contributed by atoms with van der Waals surface area (Å²) in [6, 6.07) is 0. The second kappa shape index (κ2) is 62.4. The zero-order valence-corrected chi connectivity index (χ0v) is 49.4. The summed E-state index contributed by atoms with van der Waals surface area (Å²) in [5.74, 6) is -0.846. The van der Waals surface area contributed by atoms with E-state index in [-0.39, 0.29) is 31.1 Å². The molecule has 73 heavy (non-hydrogen) atoms. The van der Waals surface area contributed by atoms with Gasteiger partial charge < -0.3 is 14.2 Å². The predicted octanol–water partition coefficient (Wildman–Crippen LogP) is 22.2. The van der Waals surface area contributed by atoms with Gasteiger partial charge in [-0.05, 0) is 51.4 Å². The summed E-state index contributed by atoms with van der Waals surface area (Å²) in [4.78, 5) is 38.3. The number of ether oxygens (including phenoxy) is 3. The molecule has 0 N–H and O–H groups in total. The summed E-state index contributed by atoms with van der Waals surface area (Å²) >= 11 is 0. The van der Waals surface area contributed by atoms with Crippen LogP contribution in [0, 0.1) is 0 Å². The molecule has 0 aromatic rings. The van der Waals surface area contributed by atoms with Gasteiger partial charge in [-0.1, -0.05) is 321 Å². The highest BCUT2D eigenvalue weighted by Crippen LogP contribution is 2.18. The summed E-state index contributed by atoms with van der Waals surface area (Å²) in [5.41, 5.74) is 0. The first-order valence-electron chi connectivity index (χ1n) is 32.8. The van der Waals surface area contributed by atoms with Crippen molar-refractivity contribution >= 4 is 17.9 Å². The minimum Gasteiger partial charge on any atom is -0.462 e. The molecule has 6 heteroatoms. The molecule has 0 saturated heterocycles. The molecule has 0 aromatic carbocycles. The standard InChI is InChI=1S/C67H126O6/c1-4-7-10-13-16-19-22-25-28-30-32-33-34-35-37-39-42-45-48-51-54-57-60-66(69)72-63-64(62-71-65(68)59-56-53-50-47-44-41-38-27-24-21-18-15-12-9-6-3)73-67(70)61-58-55-52-49-46-43-40-36-31-29-26-23-20-17-14-11-8-5-2/h20,23,29,31,64H,4-19,21-22,24-28,30,32-63H2,1-3H3/b23-20-,31-29-. The van der Waals surface area contributed by atoms with Crippen LogP contribution in [0.3, 0.4) is 0 Å². The van der Waals surface area contributed by atoms with Crippen molar-refractivity contribution in [3.05, 3.63) is 24.3 Å². The number of hydrogen-bond acceptors (Lipinski definition) is 6. The molecule has 0 bridgehead atoms. The van der Waals surface area contributed by atoms with Crippen molar-refractivity contribution in [1.82, 2.24) is 0 Å². The molecule has 0 amide bonds. The van der Waals surface area contributed by atoms with Gasteiger partial charge in [0.1, 0.15) is 13.2 Å². The summed E-state index contributed by atoms with van der Waals surface area (Å²) in [7, 11) is 0. The van der Waals surface area contributed by atoms with Crippen LogP contribution >= 0.6 is 0 Å². The van der Waals surface area contributed by atoms with Gasteiger partial charge in [0, 0.05) is 19.3 Å². The molecule has 0 aliphatic rings. The van der Waals surface area contributed by atoms with Crippen molar-refractivity contribution in [1.29, 1.82) is 0 Å². The Kier molecular flexibility index (Phi) is 60.6. The van der Waals surface area contributed by atoms with Crippen LogP contribution in [0.15, 0.2) is 24.3 Å². The van der Waals surface area contributed by atoms with Crippen LogP contribution in [0.1, 0.15) is 367 Å². The van der Waals surface area contributed by atoms with E-state index >= 15 is 0 Å². The van der Waals surface area contributed by atoms with Gasteiger partial charge in [0.2, 0.25) is 0 Å². The third-order valence-electron chi connectivity index (χ3n) is 15.0. The van der Waals surface area contributed by atoms with Crippen LogP contribution in [0.4, 0.5) is 0 Å². The first-order valence-corrected chi connectivity index (χ1v) is 32.8. The quantitative estimate of drug-likeness (QED) is 0.0261. The Morgan fingerprint density at radius 1 is 0.274 bits per heavy atom. The van der Waals surface area contributed by atoms with Crippen molar-refractivity contribution < 1.29 is 28.6 Å². The Bertz CT molecular complexity index is 1180. The Morgan fingerprint density at radius 3 is 0.767 bits per heavy atom. The van der Waals surface area contributed by atoms with Gasteiger partial charge in [-0.2, -0.15) is 0 Å². The van der Waals surface area contributed by atoms with Gasteiger partial charge >= 0.3 is 17.9 Å². The fourth-order valence-corrected chi connectivity index (χ4v) is 10.0. The van der Waals surface area contributed by atoms with Crippen molar-refractivity contribution in [2.75, 3.05) is 13.2 Å². The lowest BCUT2D eigenvalue weighted by Gasteiger charge is -2.18. The zero-order valence-electron chi connectivity index (χ0n) is 49.4. The zero-order chi connectivity index (χ0) is 52.9. The monoisotopic (exact) mass is 1030 g/mol. The van der Waals surface area contributed by atoms with E-state index in [4.69, 9.17) is 14.2 Å². The highest BCUT2D eigenvalue weighted by Gasteiger charge is 2.19. The molecule has 0 heterocycles. The minimum absolute atomic E-state index is 0.0683. The summed E-state index contributed by atoms with van der Waals surface area (Å²) < 4.78 is 17.0. The fourth-order valence-electron chi connectivity index (χ4n) is 10.0. The molecule has 0 radical (unpaired) electrons. The lowest BCUT2D eigenvalue weighted by atomic mass is 10.0. The number of carbonyl (C=O) groups is 3. The lowest BCUT2D eigenvalue weighted by Crippen LogP contribution is -2.30. The van der Waals surface area contributed by atoms with Gasteiger partial charge in [0.15, 0.2) is 6.10 Å². The molecule has 0 saturated carbocycles. The maximum absolute atomic E-state index is 12.9. The predicted molar refractivity (Wildman–Crippen MR) is 316 cm³/mol. The van der Waals surface area contributed by atoms with E-state index in [0.717, 1.165) is 70.6 Å². The molecular formula is C67H126O6. The molecule has 430 valence electrons. The molecule has 6 nitrogen and oxygen atoms in total. The molecule has 1 unspecified atom stereocenters. The van der Waals surface area contributed by atoms with E-state index in [1.54, 1.807) is 0 Å². The maximum atomic E-state index is 12.9. The van der Waals surface area contributed by atoms with Crippen molar-refractivity contribution in [2.24, 2.45) is 0 Å². The second-order valence-electron chi connectivity index (χ2n) is 22.4. The van der Waals surface area contributed by atoms with Crippen molar-refractivity contribution in [3.63, 3.8) is 0 Å². The molecule has 0 fully saturated rings. The summed E-state index contributed by atoms with van der Waals surface area (Å²) in [5, 5.41) is 0. The molecular weight excluding hydrogens is 901 g/mol. The SMILES string of the molecule is CCCCCC/C=C\C/C=C\CCCCCCCCCC(=O)OC(COC(=O)CCCCCCCCCCCCCCCCC)COC(=O)CCCCCCCCCCCCCCCCCCCCCCCC. The smallest absolute Gasteiger partial charge is 0.306 e. The van der Waals surface area contributed by atoms with Crippen LogP contribution in [0.25, 0.3) is 0 Å². The number of carbonyl (C=O) groups excluding carboxylic acids is 3. The number of hydrogen-bond donors (Lipinski definition) is 0. The van der Waals surface area contributed by atoms with Crippen LogP contribution in [-0.2, 0) is 28.6 Å². The number of rotatable bonds is 61. The highest BCUT2D eigenvalue weighted by molar-refractivity contribution is 5.71. The van der Waals surface area contributed by atoms with Gasteiger partial charge in [0.25, 0.3) is 0 Å². The van der Waals surface area contributed by atoms with Gasteiger partial charge in [-0.25, -0.2) is 0 Å². The molecule has 0 aliphatic carbocycles. The lowest BCUT2D eigenvalue weighted by molar-refractivity contribution is -0.167. The Morgan fingerprint density at radius 2 is 0.493 bits per heavy atom. The van der Waals surface area contributed by atoms with E-state index < -0.39 is 6.10 Å². The largest absolute Gasteiger partial charge is 0.462 e. The molecule has 0 aliphatic heterocycles. The summed E-state index contributed by atoms with van der Waals surface area (Å²) in [6.45, 7) is 6.69. The number of allylic oxidation sites excluding steroid dienone is 4. The Balaban J connectivity index is 4.29. The van der Waals surface area contributed by atoms with Crippen LogP contribution in [0.2, 0.25) is 0 Å². The number of esters is 3. The highest BCUT2D eigenvalue weighted by atomic mass is 16.6. The van der Waals surface area contributed by atoms with Crippen LogP contribution < -0.4 is 0 Å². The first-order chi connectivity index (χ1) is 36.0. The molecule has 1 atom stereocenters. The van der Waals surface area contributed by atoms with Crippen LogP contribution in [-0.4, -0.2) is 37.2 Å². The van der Waals surface area contributed by atoms with Gasteiger partial charge in [-0.15, -0.1) is 0 Å². The fraction of sp³-hybridized carbons (Fsp3) is 0.896. The number of unbranched alkanes of at least 4 members (excludes halogenated alkanes) is 46.